The van der Waals surface area contributed by atoms with Gasteiger partial charge in [-0.3, -0.25) is 4.79 Å². The highest BCUT2D eigenvalue weighted by molar-refractivity contribution is 5.94. The second kappa shape index (κ2) is 5.75. The van der Waals surface area contributed by atoms with Crippen molar-refractivity contribution in [2.45, 2.75) is 20.1 Å². The molecule has 0 saturated heterocycles. The number of anilines is 1. The minimum Gasteiger partial charge on any atom is -0.462 e. The molecule has 0 aliphatic heterocycles. The molecule has 0 aliphatic carbocycles. The minimum atomic E-state index is -0.687. The normalized spacial score (nSPS) is 10.6. The number of benzene rings is 1. The molecule has 0 atom stereocenters. The number of hydrogen-bond donors (Lipinski definition) is 3. The van der Waals surface area contributed by atoms with Crippen LogP contribution in [0.5, 0.6) is 0 Å². The number of furan rings is 1. The van der Waals surface area contributed by atoms with Gasteiger partial charge in [0.05, 0.1) is 6.54 Å². The number of carbonyl (C=O) groups is 1. The zero-order valence-corrected chi connectivity index (χ0v) is 10.9. The van der Waals surface area contributed by atoms with E-state index in [9.17, 15) is 9.18 Å². The van der Waals surface area contributed by atoms with E-state index in [-0.39, 0.29) is 12.2 Å². The van der Waals surface area contributed by atoms with Crippen molar-refractivity contribution in [1.29, 1.82) is 0 Å². The monoisotopic (exact) mass is 278 g/mol. The predicted molar refractivity (Wildman–Crippen MR) is 71.6 cm³/mol. The van der Waals surface area contributed by atoms with E-state index in [1.807, 2.05) is 0 Å². The molecule has 0 saturated carbocycles. The highest BCUT2D eigenvalue weighted by Gasteiger charge is 2.11. The van der Waals surface area contributed by atoms with Gasteiger partial charge in [0.25, 0.3) is 0 Å². The number of primary amides is 1. The van der Waals surface area contributed by atoms with Gasteiger partial charge in [-0.05, 0) is 31.2 Å². The average Bonchev–Trinajstić information content (AvgIpc) is 2.88. The van der Waals surface area contributed by atoms with Crippen LogP contribution in [-0.4, -0.2) is 11.0 Å². The van der Waals surface area contributed by atoms with Gasteiger partial charge >= 0.3 is 0 Å². The number of nitrogens with two attached hydrogens (primary N) is 1. The van der Waals surface area contributed by atoms with E-state index >= 15 is 0 Å². The van der Waals surface area contributed by atoms with Gasteiger partial charge in [0.2, 0.25) is 5.91 Å². The van der Waals surface area contributed by atoms with E-state index in [2.05, 4.69) is 5.32 Å². The van der Waals surface area contributed by atoms with Crippen molar-refractivity contribution in [2.24, 2.45) is 5.73 Å². The van der Waals surface area contributed by atoms with Gasteiger partial charge in [-0.2, -0.15) is 0 Å². The molecule has 1 aromatic heterocycles. The number of aliphatic hydroxyl groups excluding tert-OH is 1. The Morgan fingerprint density at radius 3 is 2.70 bits per heavy atom. The summed E-state index contributed by atoms with van der Waals surface area (Å²) >= 11 is 0. The Bertz CT molecular complexity index is 637. The Kier molecular flexibility index (Phi) is 4.05. The summed E-state index contributed by atoms with van der Waals surface area (Å²) in [6.07, 6.45) is 0. The van der Waals surface area contributed by atoms with Gasteiger partial charge in [0.1, 0.15) is 23.9 Å². The molecule has 106 valence electrons. The number of halogens is 1. The third kappa shape index (κ3) is 2.97. The Morgan fingerprint density at radius 1 is 1.40 bits per heavy atom. The number of rotatable bonds is 5. The first-order valence-corrected chi connectivity index (χ1v) is 6.03. The van der Waals surface area contributed by atoms with Gasteiger partial charge in [-0.15, -0.1) is 0 Å². The van der Waals surface area contributed by atoms with E-state index in [0.29, 0.717) is 29.3 Å². The van der Waals surface area contributed by atoms with E-state index in [1.54, 1.807) is 19.1 Å². The summed E-state index contributed by atoms with van der Waals surface area (Å²) in [7, 11) is 0. The highest BCUT2D eigenvalue weighted by Crippen LogP contribution is 2.21. The quantitative estimate of drug-likeness (QED) is 0.779. The summed E-state index contributed by atoms with van der Waals surface area (Å²) in [6.45, 7) is 1.73. The maximum absolute atomic E-state index is 13.7. The summed E-state index contributed by atoms with van der Waals surface area (Å²) in [4.78, 5) is 11.1. The Morgan fingerprint density at radius 2 is 2.10 bits per heavy atom. The molecule has 6 heteroatoms. The lowest BCUT2D eigenvalue weighted by Crippen LogP contribution is -2.13. The SMILES string of the molecule is Cc1c(F)cc(C(N)=O)cc1NCc1ccc(CO)o1. The van der Waals surface area contributed by atoms with Crippen molar-refractivity contribution in [2.75, 3.05) is 5.32 Å². The third-order valence-electron chi connectivity index (χ3n) is 2.96. The molecule has 0 fully saturated rings. The fraction of sp³-hybridized carbons (Fsp3) is 0.214. The number of hydrogen-bond acceptors (Lipinski definition) is 4. The van der Waals surface area contributed by atoms with Crippen LogP contribution in [0.4, 0.5) is 10.1 Å². The summed E-state index contributed by atoms with van der Waals surface area (Å²) in [5, 5.41) is 11.9. The number of carbonyl (C=O) groups excluding carboxylic acids is 1. The molecular weight excluding hydrogens is 263 g/mol. The number of aliphatic hydroxyl groups is 1. The van der Waals surface area contributed by atoms with Gasteiger partial charge in [0.15, 0.2) is 0 Å². The summed E-state index contributed by atoms with van der Waals surface area (Å²) < 4.78 is 19.0. The molecule has 4 N–H and O–H groups in total. The molecule has 1 aromatic carbocycles. The predicted octanol–water partition coefficient (Wildman–Crippen LogP) is 1.93. The standard InChI is InChI=1S/C14H15FN2O3/c1-8-12(15)4-9(14(16)19)5-13(8)17-6-10-2-3-11(7-18)20-10/h2-5,17-18H,6-7H2,1H3,(H2,16,19). The maximum atomic E-state index is 13.7. The fourth-order valence-corrected chi connectivity index (χ4v) is 1.79. The zero-order chi connectivity index (χ0) is 14.7. The van der Waals surface area contributed by atoms with E-state index in [4.69, 9.17) is 15.3 Å². The van der Waals surface area contributed by atoms with Crippen LogP contribution in [0.3, 0.4) is 0 Å². The summed E-state index contributed by atoms with van der Waals surface area (Å²) in [6, 6.07) is 5.97. The number of nitrogens with one attached hydrogen (secondary N) is 1. The highest BCUT2D eigenvalue weighted by atomic mass is 19.1. The Hall–Kier alpha value is -2.34. The van der Waals surface area contributed by atoms with Crippen molar-refractivity contribution < 1.29 is 18.7 Å². The molecule has 0 unspecified atom stereocenters. The van der Waals surface area contributed by atoms with Crippen LogP contribution in [0.15, 0.2) is 28.7 Å². The largest absolute Gasteiger partial charge is 0.462 e. The molecule has 1 heterocycles. The molecule has 0 radical (unpaired) electrons. The molecule has 5 nitrogen and oxygen atoms in total. The molecule has 2 aromatic rings. The van der Waals surface area contributed by atoms with E-state index < -0.39 is 11.7 Å². The summed E-state index contributed by atoms with van der Waals surface area (Å²) in [5.74, 6) is -0.138. The molecule has 0 bridgehead atoms. The minimum absolute atomic E-state index is 0.103. The van der Waals surface area contributed by atoms with E-state index in [1.165, 1.54) is 6.07 Å². The first kappa shape index (κ1) is 14.1. The van der Waals surface area contributed by atoms with Crippen LogP contribution in [0.1, 0.15) is 27.4 Å². The first-order valence-electron chi connectivity index (χ1n) is 6.03. The summed E-state index contributed by atoms with van der Waals surface area (Å²) in [5.41, 5.74) is 6.12. The van der Waals surface area contributed by atoms with Gasteiger partial charge in [0, 0.05) is 16.8 Å². The van der Waals surface area contributed by atoms with Crippen molar-refractivity contribution in [3.8, 4) is 0 Å². The molecule has 0 spiro atoms. The van der Waals surface area contributed by atoms with Gasteiger partial charge < -0.3 is 20.6 Å². The topological polar surface area (TPSA) is 88.5 Å². The second-order valence-corrected chi connectivity index (χ2v) is 4.37. The van der Waals surface area contributed by atoms with Gasteiger partial charge in [-0.25, -0.2) is 4.39 Å². The lowest BCUT2D eigenvalue weighted by atomic mass is 10.1. The molecule has 0 aliphatic rings. The van der Waals surface area contributed by atoms with Crippen molar-refractivity contribution >= 4 is 11.6 Å². The van der Waals surface area contributed by atoms with Crippen LogP contribution in [0.25, 0.3) is 0 Å². The molecular formula is C14H15FN2O3. The molecule has 20 heavy (non-hydrogen) atoms. The van der Waals surface area contributed by atoms with Crippen LogP contribution < -0.4 is 11.1 Å². The number of amides is 1. The van der Waals surface area contributed by atoms with Crippen molar-refractivity contribution in [3.05, 3.63) is 52.7 Å². The van der Waals surface area contributed by atoms with E-state index in [0.717, 1.165) is 6.07 Å². The average molecular weight is 278 g/mol. The smallest absolute Gasteiger partial charge is 0.248 e. The lowest BCUT2D eigenvalue weighted by Gasteiger charge is -2.10. The fourth-order valence-electron chi connectivity index (χ4n) is 1.79. The maximum Gasteiger partial charge on any atom is 0.248 e. The van der Waals surface area contributed by atoms with Crippen LogP contribution in [0.2, 0.25) is 0 Å². The molecule has 1 amide bonds. The lowest BCUT2D eigenvalue weighted by molar-refractivity contribution is 0.1000. The molecule has 2 rings (SSSR count). The second-order valence-electron chi connectivity index (χ2n) is 4.37. The van der Waals surface area contributed by atoms with Gasteiger partial charge in [-0.1, -0.05) is 0 Å². The Balaban J connectivity index is 2.18. The third-order valence-corrected chi connectivity index (χ3v) is 2.96. The zero-order valence-electron chi connectivity index (χ0n) is 10.9. The van der Waals surface area contributed by atoms with Crippen molar-refractivity contribution in [3.63, 3.8) is 0 Å². The van der Waals surface area contributed by atoms with Crippen molar-refractivity contribution in [1.82, 2.24) is 0 Å². The van der Waals surface area contributed by atoms with Crippen LogP contribution in [-0.2, 0) is 13.2 Å². The Labute approximate surface area is 115 Å². The first-order chi connectivity index (χ1) is 9.51. The van der Waals surface area contributed by atoms with Crippen LogP contribution >= 0.6 is 0 Å². The van der Waals surface area contributed by atoms with Crippen LogP contribution in [0, 0.1) is 12.7 Å².